The molecule has 0 unspecified atom stereocenters. The van der Waals surface area contributed by atoms with Crippen LogP contribution in [0, 0.1) is 23.4 Å². The Balaban J connectivity index is 1.91. The number of nitrogens with zero attached hydrogens (tertiary/aromatic N) is 2. The SMILES string of the molecule is NC1=N[C@@]2(c3cc(-c4cncc(F)c4)c(F)cc3F)COC[C@H]2CS1. The highest BCUT2D eigenvalue weighted by Crippen LogP contribution is 2.46. The van der Waals surface area contributed by atoms with Gasteiger partial charge in [0.05, 0.1) is 19.4 Å². The minimum absolute atomic E-state index is 0.0652. The zero-order chi connectivity index (χ0) is 17.6. The summed E-state index contributed by atoms with van der Waals surface area (Å²) in [5, 5.41) is 0.347. The first-order chi connectivity index (χ1) is 12.0. The first-order valence-electron chi connectivity index (χ1n) is 7.66. The molecule has 2 aromatic rings. The Morgan fingerprint density at radius 2 is 2.00 bits per heavy atom. The summed E-state index contributed by atoms with van der Waals surface area (Å²) in [5.74, 6) is -1.53. The Kier molecular flexibility index (Phi) is 3.96. The number of ether oxygens (including phenoxy) is 1. The second-order valence-electron chi connectivity index (χ2n) is 6.10. The Labute approximate surface area is 146 Å². The maximum absolute atomic E-state index is 14.7. The van der Waals surface area contributed by atoms with Crippen molar-refractivity contribution in [2.45, 2.75) is 5.54 Å². The molecule has 1 aromatic heterocycles. The van der Waals surface area contributed by atoms with E-state index in [9.17, 15) is 13.2 Å². The standard InChI is InChI=1S/C17H14F3N3OS/c18-11-1-9(4-22-5-11)12-2-13(15(20)3-14(12)19)17-8-24-6-10(17)7-25-16(21)23-17/h1-5,10H,6-8H2,(H2,21,23)/t10-,17-/m0/s1. The summed E-state index contributed by atoms with van der Waals surface area (Å²) < 4.78 is 48.0. The molecule has 0 bridgehead atoms. The lowest BCUT2D eigenvalue weighted by atomic mass is 9.80. The van der Waals surface area contributed by atoms with Gasteiger partial charge in [-0.25, -0.2) is 18.2 Å². The van der Waals surface area contributed by atoms with Crippen LogP contribution in [0.2, 0.25) is 0 Å². The smallest absolute Gasteiger partial charge is 0.154 e. The van der Waals surface area contributed by atoms with E-state index in [1.807, 2.05) is 0 Å². The lowest BCUT2D eigenvalue weighted by Crippen LogP contribution is -2.40. The van der Waals surface area contributed by atoms with Crippen LogP contribution in [-0.4, -0.2) is 29.1 Å². The Morgan fingerprint density at radius 1 is 1.16 bits per heavy atom. The zero-order valence-corrected chi connectivity index (χ0v) is 13.8. The molecule has 4 rings (SSSR count). The van der Waals surface area contributed by atoms with E-state index in [4.69, 9.17) is 10.5 Å². The van der Waals surface area contributed by atoms with Crippen LogP contribution in [0.3, 0.4) is 0 Å². The first kappa shape index (κ1) is 16.4. The maximum Gasteiger partial charge on any atom is 0.154 e. The van der Waals surface area contributed by atoms with E-state index in [0.717, 1.165) is 18.3 Å². The summed E-state index contributed by atoms with van der Waals surface area (Å²) in [6.45, 7) is 0.597. The van der Waals surface area contributed by atoms with E-state index < -0.39 is 23.0 Å². The van der Waals surface area contributed by atoms with E-state index in [1.165, 1.54) is 24.0 Å². The number of aromatic nitrogens is 1. The van der Waals surface area contributed by atoms with Crippen LogP contribution < -0.4 is 5.73 Å². The van der Waals surface area contributed by atoms with E-state index >= 15 is 0 Å². The third-order valence-electron chi connectivity index (χ3n) is 4.60. The third kappa shape index (κ3) is 2.69. The van der Waals surface area contributed by atoms with Gasteiger partial charge in [0.1, 0.15) is 23.0 Å². The van der Waals surface area contributed by atoms with Crippen molar-refractivity contribution in [2.75, 3.05) is 19.0 Å². The lowest BCUT2D eigenvalue weighted by molar-refractivity contribution is 0.176. The van der Waals surface area contributed by atoms with E-state index in [1.54, 1.807) is 0 Å². The summed E-state index contributed by atoms with van der Waals surface area (Å²) in [7, 11) is 0. The van der Waals surface area contributed by atoms with Gasteiger partial charge in [-0.15, -0.1) is 0 Å². The molecule has 0 aliphatic carbocycles. The molecule has 130 valence electrons. The van der Waals surface area contributed by atoms with Gasteiger partial charge in [0.15, 0.2) is 5.17 Å². The summed E-state index contributed by atoms with van der Waals surface area (Å²) in [6, 6.07) is 3.32. The minimum atomic E-state index is -0.984. The molecule has 0 amide bonds. The normalized spacial score (nSPS) is 25.6. The van der Waals surface area contributed by atoms with Crippen LogP contribution >= 0.6 is 11.8 Å². The Hall–Kier alpha value is -2.06. The van der Waals surface area contributed by atoms with Gasteiger partial charge in [0, 0.05) is 40.6 Å². The van der Waals surface area contributed by atoms with E-state index in [0.29, 0.717) is 17.5 Å². The first-order valence-corrected chi connectivity index (χ1v) is 8.64. The largest absolute Gasteiger partial charge is 0.379 e. The molecule has 1 aromatic carbocycles. The van der Waals surface area contributed by atoms with Crippen LogP contribution in [0.5, 0.6) is 0 Å². The van der Waals surface area contributed by atoms with Gasteiger partial charge in [0.25, 0.3) is 0 Å². The lowest BCUT2D eigenvalue weighted by Gasteiger charge is -2.34. The highest BCUT2D eigenvalue weighted by molar-refractivity contribution is 8.13. The maximum atomic E-state index is 14.7. The number of fused-ring (bicyclic) bond motifs is 1. The number of thioether (sulfide) groups is 1. The minimum Gasteiger partial charge on any atom is -0.379 e. The van der Waals surface area contributed by atoms with Gasteiger partial charge in [-0.2, -0.15) is 0 Å². The number of aliphatic imine (C=N–C) groups is 1. The molecule has 2 aliphatic rings. The van der Waals surface area contributed by atoms with Crippen LogP contribution in [0.1, 0.15) is 5.56 Å². The highest BCUT2D eigenvalue weighted by Gasteiger charge is 2.49. The van der Waals surface area contributed by atoms with Gasteiger partial charge < -0.3 is 10.5 Å². The van der Waals surface area contributed by atoms with Gasteiger partial charge in [-0.1, -0.05) is 11.8 Å². The molecule has 1 fully saturated rings. The van der Waals surface area contributed by atoms with Crippen molar-refractivity contribution in [3.05, 3.63) is 53.6 Å². The third-order valence-corrected chi connectivity index (χ3v) is 5.55. The van der Waals surface area contributed by atoms with Crippen molar-refractivity contribution >= 4 is 16.9 Å². The van der Waals surface area contributed by atoms with Crippen molar-refractivity contribution < 1.29 is 17.9 Å². The molecule has 3 heterocycles. The van der Waals surface area contributed by atoms with Gasteiger partial charge >= 0.3 is 0 Å². The van der Waals surface area contributed by atoms with Crippen molar-refractivity contribution in [1.82, 2.24) is 4.98 Å². The molecular formula is C17H14F3N3OS. The summed E-state index contributed by atoms with van der Waals surface area (Å²) in [5.41, 5.74) is 5.38. The predicted octanol–water partition coefficient (Wildman–Crippen LogP) is 3.07. The number of benzene rings is 1. The van der Waals surface area contributed by atoms with Crippen LogP contribution in [0.25, 0.3) is 11.1 Å². The number of pyridine rings is 1. The summed E-state index contributed by atoms with van der Waals surface area (Å²) in [4.78, 5) is 8.20. The van der Waals surface area contributed by atoms with Crippen LogP contribution in [-0.2, 0) is 10.3 Å². The summed E-state index contributed by atoms with van der Waals surface area (Å²) in [6.07, 6.45) is 2.35. The van der Waals surface area contributed by atoms with Crippen molar-refractivity contribution in [1.29, 1.82) is 0 Å². The number of amidine groups is 1. The molecule has 2 aliphatic heterocycles. The molecule has 4 nitrogen and oxygen atoms in total. The fraction of sp³-hybridized carbons (Fsp3) is 0.294. The quantitative estimate of drug-likeness (QED) is 0.889. The molecule has 2 atom stereocenters. The molecule has 8 heteroatoms. The van der Waals surface area contributed by atoms with Gasteiger partial charge in [-0.3, -0.25) is 4.98 Å². The van der Waals surface area contributed by atoms with Crippen molar-refractivity contribution in [3.8, 4) is 11.1 Å². The van der Waals surface area contributed by atoms with Crippen LogP contribution in [0.4, 0.5) is 13.2 Å². The van der Waals surface area contributed by atoms with E-state index in [2.05, 4.69) is 9.98 Å². The molecule has 2 N–H and O–H groups in total. The fourth-order valence-corrected chi connectivity index (χ4v) is 4.33. The Morgan fingerprint density at radius 3 is 2.80 bits per heavy atom. The molecule has 0 saturated carbocycles. The predicted molar refractivity (Wildman–Crippen MR) is 89.6 cm³/mol. The number of hydrogen-bond acceptors (Lipinski definition) is 5. The average Bonchev–Trinajstić information content (AvgIpc) is 2.98. The molecule has 0 radical (unpaired) electrons. The van der Waals surface area contributed by atoms with Crippen molar-refractivity contribution in [2.24, 2.45) is 16.6 Å². The van der Waals surface area contributed by atoms with E-state index in [-0.39, 0.29) is 29.2 Å². The zero-order valence-electron chi connectivity index (χ0n) is 13.0. The average molecular weight is 365 g/mol. The number of nitrogens with two attached hydrogens (primary N) is 1. The fourth-order valence-electron chi connectivity index (χ4n) is 3.36. The number of hydrogen-bond donors (Lipinski definition) is 1. The van der Waals surface area contributed by atoms with Gasteiger partial charge in [0.2, 0.25) is 0 Å². The molecular weight excluding hydrogens is 351 g/mol. The number of halogens is 3. The number of rotatable bonds is 2. The molecule has 0 spiro atoms. The van der Waals surface area contributed by atoms with Crippen molar-refractivity contribution in [3.63, 3.8) is 0 Å². The van der Waals surface area contributed by atoms with Gasteiger partial charge in [-0.05, 0) is 12.1 Å². The Bertz CT molecular complexity index is 876. The molecule has 25 heavy (non-hydrogen) atoms. The second-order valence-corrected chi connectivity index (χ2v) is 7.14. The van der Waals surface area contributed by atoms with Crippen LogP contribution in [0.15, 0.2) is 35.6 Å². The topological polar surface area (TPSA) is 60.5 Å². The monoisotopic (exact) mass is 365 g/mol. The second kappa shape index (κ2) is 6.03. The highest BCUT2D eigenvalue weighted by atomic mass is 32.2. The summed E-state index contributed by atoms with van der Waals surface area (Å²) >= 11 is 1.39. The molecule has 1 saturated heterocycles.